The van der Waals surface area contributed by atoms with Crippen molar-refractivity contribution in [3.8, 4) is 0 Å². The number of aliphatic hydroxyl groups is 3. The van der Waals surface area contributed by atoms with E-state index < -0.39 is 36.7 Å². The Labute approximate surface area is 77.9 Å². The molecular formula is C7H11F3O4. The summed E-state index contributed by atoms with van der Waals surface area (Å²) in [5, 5.41) is 27.4. The molecule has 4 atom stereocenters. The second-order valence-electron chi connectivity index (χ2n) is 3.32. The molecule has 1 heterocycles. The highest BCUT2D eigenvalue weighted by atomic mass is 19.4. The smallest absolute Gasteiger partial charge is 0.387 e. The van der Waals surface area contributed by atoms with E-state index in [0.717, 1.165) is 0 Å². The van der Waals surface area contributed by atoms with E-state index in [2.05, 4.69) is 4.74 Å². The summed E-state index contributed by atoms with van der Waals surface area (Å²) in [5.74, 6) is 0. The summed E-state index contributed by atoms with van der Waals surface area (Å²) < 4.78 is 41.8. The van der Waals surface area contributed by atoms with Crippen molar-refractivity contribution < 1.29 is 33.2 Å². The fraction of sp³-hybridized carbons (Fsp3) is 1.00. The molecule has 1 aliphatic rings. The van der Waals surface area contributed by atoms with Crippen LogP contribution in [0, 0.1) is 0 Å². The van der Waals surface area contributed by atoms with Crippen molar-refractivity contribution in [1.82, 2.24) is 0 Å². The number of alkyl halides is 3. The molecule has 0 spiro atoms. The van der Waals surface area contributed by atoms with Gasteiger partial charge in [-0.3, -0.25) is 0 Å². The van der Waals surface area contributed by atoms with Gasteiger partial charge in [-0.05, 0) is 6.92 Å². The third-order valence-electron chi connectivity index (χ3n) is 2.37. The second kappa shape index (κ2) is 3.34. The molecule has 1 aliphatic heterocycles. The van der Waals surface area contributed by atoms with E-state index in [1.165, 1.54) is 6.92 Å². The van der Waals surface area contributed by atoms with Gasteiger partial charge in [0, 0.05) is 0 Å². The van der Waals surface area contributed by atoms with Crippen LogP contribution in [0.5, 0.6) is 0 Å². The molecule has 14 heavy (non-hydrogen) atoms. The van der Waals surface area contributed by atoms with Crippen molar-refractivity contribution >= 4 is 0 Å². The number of aliphatic hydroxyl groups excluding tert-OH is 2. The van der Waals surface area contributed by atoms with Gasteiger partial charge < -0.3 is 20.1 Å². The first kappa shape index (κ1) is 11.7. The van der Waals surface area contributed by atoms with Crippen molar-refractivity contribution in [2.75, 3.05) is 6.61 Å². The van der Waals surface area contributed by atoms with Crippen molar-refractivity contribution in [2.24, 2.45) is 0 Å². The van der Waals surface area contributed by atoms with Crippen LogP contribution in [0.2, 0.25) is 0 Å². The molecule has 0 aliphatic carbocycles. The Morgan fingerprint density at radius 3 is 2.21 bits per heavy atom. The molecule has 1 saturated heterocycles. The lowest BCUT2D eigenvalue weighted by atomic mass is 9.85. The van der Waals surface area contributed by atoms with Gasteiger partial charge in [0.25, 0.3) is 0 Å². The van der Waals surface area contributed by atoms with Gasteiger partial charge in [-0.15, -0.1) is 0 Å². The first-order valence-corrected chi connectivity index (χ1v) is 3.98. The summed E-state index contributed by atoms with van der Waals surface area (Å²) in [6.07, 6.45) is -10.6. The van der Waals surface area contributed by atoms with E-state index >= 15 is 0 Å². The topological polar surface area (TPSA) is 69.9 Å². The largest absolute Gasteiger partial charge is 0.422 e. The zero-order valence-electron chi connectivity index (χ0n) is 7.32. The van der Waals surface area contributed by atoms with Crippen molar-refractivity contribution in [1.29, 1.82) is 0 Å². The number of halogens is 3. The number of ether oxygens (including phenoxy) is 1. The lowest BCUT2D eigenvalue weighted by Crippen LogP contribution is -2.69. The van der Waals surface area contributed by atoms with Crippen LogP contribution in [0.25, 0.3) is 0 Å². The normalized spacial score (nSPS) is 45.2. The maximum atomic E-state index is 12.4. The fourth-order valence-electron chi connectivity index (χ4n) is 1.37. The van der Waals surface area contributed by atoms with E-state index in [0.29, 0.717) is 0 Å². The third kappa shape index (κ3) is 1.50. The molecule has 1 fully saturated rings. The molecule has 0 aromatic heterocycles. The van der Waals surface area contributed by atoms with E-state index in [1.807, 2.05) is 0 Å². The van der Waals surface area contributed by atoms with Gasteiger partial charge in [0.1, 0.15) is 12.2 Å². The monoisotopic (exact) mass is 216 g/mol. The Morgan fingerprint density at radius 2 is 1.86 bits per heavy atom. The Kier molecular flexibility index (Phi) is 2.79. The van der Waals surface area contributed by atoms with E-state index in [4.69, 9.17) is 10.2 Å². The maximum Gasteiger partial charge on any atom is 0.422 e. The number of rotatable bonds is 0. The van der Waals surface area contributed by atoms with Gasteiger partial charge in [-0.1, -0.05) is 0 Å². The first-order valence-electron chi connectivity index (χ1n) is 3.98. The summed E-state index contributed by atoms with van der Waals surface area (Å²) in [6, 6.07) is 0. The molecule has 4 nitrogen and oxygen atoms in total. The highest BCUT2D eigenvalue weighted by molar-refractivity contribution is 5.04. The molecule has 84 valence electrons. The van der Waals surface area contributed by atoms with Gasteiger partial charge in [-0.25, -0.2) is 0 Å². The summed E-state index contributed by atoms with van der Waals surface area (Å²) in [6.45, 7) is 0.529. The average molecular weight is 216 g/mol. The minimum absolute atomic E-state index is 0.658. The molecule has 3 N–H and O–H groups in total. The zero-order valence-corrected chi connectivity index (χ0v) is 7.32. The minimum Gasteiger partial charge on any atom is -0.387 e. The maximum absolute atomic E-state index is 12.4. The van der Waals surface area contributed by atoms with E-state index in [9.17, 15) is 18.3 Å². The summed E-state index contributed by atoms with van der Waals surface area (Å²) in [4.78, 5) is 0. The van der Waals surface area contributed by atoms with Gasteiger partial charge in [0.05, 0.1) is 12.7 Å². The minimum atomic E-state index is -5.09. The molecule has 0 aromatic carbocycles. The highest BCUT2D eigenvalue weighted by Gasteiger charge is 2.66. The molecule has 7 heteroatoms. The van der Waals surface area contributed by atoms with Gasteiger partial charge >= 0.3 is 6.18 Å². The number of hydrogen-bond donors (Lipinski definition) is 3. The van der Waals surface area contributed by atoms with Crippen LogP contribution in [0.3, 0.4) is 0 Å². The van der Waals surface area contributed by atoms with Crippen molar-refractivity contribution in [2.45, 2.75) is 37.0 Å². The Balaban J connectivity index is 3.02. The molecule has 0 bridgehead atoms. The summed E-state index contributed by atoms with van der Waals surface area (Å²) >= 11 is 0. The fourth-order valence-corrected chi connectivity index (χ4v) is 1.37. The van der Waals surface area contributed by atoms with Crippen molar-refractivity contribution in [3.63, 3.8) is 0 Å². The number of hydrogen-bond acceptors (Lipinski definition) is 4. The zero-order chi connectivity index (χ0) is 11.1. The average Bonchev–Trinajstić information content (AvgIpc) is 2.06. The third-order valence-corrected chi connectivity index (χ3v) is 2.37. The van der Waals surface area contributed by atoms with Crippen molar-refractivity contribution in [3.05, 3.63) is 0 Å². The SMILES string of the molecule is CC1OCC(O)[C@](O)(C(F)(F)F)[C@@H]1O. The van der Waals surface area contributed by atoms with Crippen LogP contribution < -0.4 is 0 Å². The van der Waals surface area contributed by atoms with Crippen LogP contribution in [0.1, 0.15) is 6.92 Å². The van der Waals surface area contributed by atoms with E-state index in [-0.39, 0.29) is 0 Å². The Bertz CT molecular complexity index is 219. The Hall–Kier alpha value is -0.370. The quantitative estimate of drug-likeness (QED) is 0.506. The van der Waals surface area contributed by atoms with Crippen LogP contribution >= 0.6 is 0 Å². The summed E-state index contributed by atoms with van der Waals surface area (Å²) in [7, 11) is 0. The molecular weight excluding hydrogens is 205 g/mol. The van der Waals surface area contributed by atoms with Gasteiger partial charge in [0.2, 0.25) is 5.60 Å². The van der Waals surface area contributed by atoms with Crippen LogP contribution in [-0.2, 0) is 4.74 Å². The molecule has 0 saturated carbocycles. The first-order chi connectivity index (χ1) is 6.21. The van der Waals surface area contributed by atoms with Crippen LogP contribution in [-0.4, -0.2) is 52.0 Å². The second-order valence-corrected chi connectivity index (χ2v) is 3.32. The standard InChI is InChI=1S/C7H11F3O4/c1-3-5(12)6(13,7(8,9)10)4(11)2-14-3/h3-5,11-13H,2H2,1H3/t3?,4?,5-,6-/m1/s1. The Morgan fingerprint density at radius 1 is 1.36 bits per heavy atom. The predicted octanol–water partition coefficient (Wildman–Crippen LogP) is -0.580. The lowest BCUT2D eigenvalue weighted by Gasteiger charge is -2.44. The lowest BCUT2D eigenvalue weighted by molar-refractivity contribution is -0.353. The van der Waals surface area contributed by atoms with Crippen LogP contribution in [0.15, 0.2) is 0 Å². The highest BCUT2D eigenvalue weighted by Crippen LogP contribution is 2.39. The van der Waals surface area contributed by atoms with E-state index in [1.54, 1.807) is 0 Å². The molecule has 0 radical (unpaired) electrons. The molecule has 0 amide bonds. The van der Waals surface area contributed by atoms with Gasteiger partial charge in [0.15, 0.2) is 0 Å². The van der Waals surface area contributed by atoms with Crippen LogP contribution in [0.4, 0.5) is 13.2 Å². The molecule has 0 aromatic rings. The predicted molar refractivity (Wildman–Crippen MR) is 38.4 cm³/mol. The molecule has 1 rings (SSSR count). The van der Waals surface area contributed by atoms with Gasteiger partial charge in [-0.2, -0.15) is 13.2 Å². The molecule has 2 unspecified atom stereocenters. The summed E-state index contributed by atoms with van der Waals surface area (Å²) in [5.41, 5.74) is -3.51.